The average molecular weight is 212 g/mol. The molecule has 1 unspecified atom stereocenters. The Morgan fingerprint density at radius 2 is 2.27 bits per heavy atom. The number of aldehydes is 1. The summed E-state index contributed by atoms with van der Waals surface area (Å²) in [6.45, 7) is 2.16. The third kappa shape index (κ3) is 3.32. The van der Waals surface area contributed by atoms with E-state index in [1.54, 1.807) is 14.0 Å². The molecule has 0 amide bonds. The van der Waals surface area contributed by atoms with Gasteiger partial charge in [-0.15, -0.1) is 0 Å². The molecule has 0 aliphatic rings. The van der Waals surface area contributed by atoms with Crippen LogP contribution in [0.5, 0.6) is 5.75 Å². The first-order chi connectivity index (χ1) is 7.17. The van der Waals surface area contributed by atoms with Gasteiger partial charge in [0, 0.05) is 12.7 Å². The highest BCUT2D eigenvalue weighted by atomic mass is 19.1. The van der Waals surface area contributed by atoms with Crippen LogP contribution in [0.1, 0.15) is 17.3 Å². The molecule has 0 N–H and O–H groups in total. The van der Waals surface area contributed by atoms with E-state index in [-0.39, 0.29) is 11.9 Å². The van der Waals surface area contributed by atoms with E-state index in [1.165, 1.54) is 12.1 Å². The molecule has 0 bridgehead atoms. The Kier molecular flexibility index (Phi) is 4.24. The minimum absolute atomic E-state index is 0.130. The molecule has 1 atom stereocenters. The summed E-state index contributed by atoms with van der Waals surface area (Å²) in [6, 6.07) is 4.08. The van der Waals surface area contributed by atoms with Gasteiger partial charge < -0.3 is 9.47 Å². The van der Waals surface area contributed by atoms with Gasteiger partial charge in [0.1, 0.15) is 12.4 Å². The fraction of sp³-hybridized carbons (Fsp3) is 0.364. The van der Waals surface area contributed by atoms with E-state index in [4.69, 9.17) is 9.47 Å². The SMILES string of the molecule is COCC(C)Oc1ccc(C=O)cc1F. The van der Waals surface area contributed by atoms with Crippen LogP contribution in [-0.2, 0) is 4.74 Å². The van der Waals surface area contributed by atoms with Crippen LogP contribution in [-0.4, -0.2) is 26.1 Å². The zero-order chi connectivity index (χ0) is 11.3. The van der Waals surface area contributed by atoms with Crippen molar-refractivity contribution in [2.45, 2.75) is 13.0 Å². The fourth-order valence-corrected chi connectivity index (χ4v) is 1.17. The third-order valence-corrected chi connectivity index (χ3v) is 1.82. The van der Waals surface area contributed by atoms with Crippen molar-refractivity contribution < 1.29 is 18.7 Å². The first-order valence-corrected chi connectivity index (χ1v) is 4.57. The van der Waals surface area contributed by atoms with E-state index < -0.39 is 5.82 Å². The molecule has 0 spiro atoms. The van der Waals surface area contributed by atoms with E-state index in [0.717, 1.165) is 6.07 Å². The second kappa shape index (κ2) is 5.46. The summed E-state index contributed by atoms with van der Waals surface area (Å²) in [7, 11) is 1.55. The molecule has 1 aromatic carbocycles. The predicted octanol–water partition coefficient (Wildman–Crippen LogP) is 2.05. The highest BCUT2D eigenvalue weighted by Gasteiger charge is 2.08. The van der Waals surface area contributed by atoms with E-state index in [1.807, 2.05) is 0 Å². The Morgan fingerprint density at radius 3 is 2.80 bits per heavy atom. The monoisotopic (exact) mass is 212 g/mol. The Balaban J connectivity index is 2.73. The van der Waals surface area contributed by atoms with Crippen LogP contribution in [0.25, 0.3) is 0 Å². The molecular weight excluding hydrogens is 199 g/mol. The van der Waals surface area contributed by atoms with Crippen LogP contribution >= 0.6 is 0 Å². The summed E-state index contributed by atoms with van der Waals surface area (Å²) in [4.78, 5) is 10.4. The van der Waals surface area contributed by atoms with Crippen LogP contribution in [0.4, 0.5) is 4.39 Å². The van der Waals surface area contributed by atoms with E-state index in [9.17, 15) is 9.18 Å². The highest BCUT2D eigenvalue weighted by Crippen LogP contribution is 2.18. The summed E-state index contributed by atoms with van der Waals surface area (Å²) < 4.78 is 23.4. The van der Waals surface area contributed by atoms with Crippen molar-refractivity contribution in [2.75, 3.05) is 13.7 Å². The number of carbonyl (C=O) groups is 1. The number of benzene rings is 1. The minimum atomic E-state index is -0.539. The average Bonchev–Trinajstić information content (AvgIpc) is 2.21. The number of methoxy groups -OCH3 is 1. The Morgan fingerprint density at radius 1 is 1.53 bits per heavy atom. The Bertz CT molecular complexity index is 339. The molecule has 0 saturated heterocycles. The van der Waals surface area contributed by atoms with Crippen LogP contribution in [0.2, 0.25) is 0 Å². The number of halogens is 1. The molecule has 15 heavy (non-hydrogen) atoms. The zero-order valence-electron chi connectivity index (χ0n) is 8.70. The van der Waals surface area contributed by atoms with Gasteiger partial charge in [-0.2, -0.15) is 0 Å². The van der Waals surface area contributed by atoms with Gasteiger partial charge in [0.25, 0.3) is 0 Å². The van der Waals surface area contributed by atoms with Crippen molar-refractivity contribution >= 4 is 6.29 Å². The first kappa shape index (κ1) is 11.7. The van der Waals surface area contributed by atoms with Crippen molar-refractivity contribution in [1.82, 2.24) is 0 Å². The minimum Gasteiger partial charge on any atom is -0.485 e. The van der Waals surface area contributed by atoms with Gasteiger partial charge in [-0.25, -0.2) is 4.39 Å². The second-order valence-corrected chi connectivity index (χ2v) is 3.19. The topological polar surface area (TPSA) is 35.5 Å². The van der Waals surface area contributed by atoms with Gasteiger partial charge in [0.05, 0.1) is 6.61 Å². The molecule has 0 saturated carbocycles. The summed E-state index contributed by atoms with van der Waals surface area (Å²) in [5, 5.41) is 0. The van der Waals surface area contributed by atoms with E-state index >= 15 is 0 Å². The van der Waals surface area contributed by atoms with Crippen molar-refractivity contribution in [3.8, 4) is 5.75 Å². The third-order valence-electron chi connectivity index (χ3n) is 1.82. The van der Waals surface area contributed by atoms with Gasteiger partial charge in [-0.1, -0.05) is 0 Å². The molecule has 0 aliphatic heterocycles. The van der Waals surface area contributed by atoms with Crippen LogP contribution < -0.4 is 4.74 Å². The number of carbonyl (C=O) groups excluding carboxylic acids is 1. The molecule has 0 radical (unpaired) electrons. The highest BCUT2D eigenvalue weighted by molar-refractivity contribution is 5.74. The van der Waals surface area contributed by atoms with Crippen LogP contribution in [0.3, 0.4) is 0 Å². The molecular formula is C11H13FO3. The van der Waals surface area contributed by atoms with Crippen molar-refractivity contribution in [2.24, 2.45) is 0 Å². The summed E-state index contributed by atoms with van der Waals surface area (Å²) in [5.41, 5.74) is 0.291. The number of ether oxygens (including phenoxy) is 2. The maximum absolute atomic E-state index is 13.3. The number of hydrogen-bond donors (Lipinski definition) is 0. The number of hydrogen-bond acceptors (Lipinski definition) is 3. The molecule has 4 heteroatoms. The number of rotatable bonds is 5. The predicted molar refractivity (Wildman–Crippen MR) is 53.8 cm³/mol. The van der Waals surface area contributed by atoms with Crippen LogP contribution in [0.15, 0.2) is 18.2 Å². The normalized spacial score (nSPS) is 12.2. The fourth-order valence-electron chi connectivity index (χ4n) is 1.17. The lowest BCUT2D eigenvalue weighted by Crippen LogP contribution is -2.18. The largest absolute Gasteiger partial charge is 0.485 e. The summed E-state index contributed by atoms with van der Waals surface area (Å²) >= 11 is 0. The standard InChI is InChI=1S/C11H13FO3/c1-8(7-14-2)15-11-4-3-9(6-13)5-10(11)12/h3-6,8H,7H2,1-2H3. The molecule has 3 nitrogen and oxygen atoms in total. The zero-order valence-corrected chi connectivity index (χ0v) is 8.70. The van der Waals surface area contributed by atoms with Crippen molar-refractivity contribution in [3.05, 3.63) is 29.6 Å². The quantitative estimate of drug-likeness (QED) is 0.701. The van der Waals surface area contributed by atoms with E-state index in [0.29, 0.717) is 18.5 Å². The molecule has 82 valence electrons. The lowest BCUT2D eigenvalue weighted by atomic mass is 10.2. The maximum Gasteiger partial charge on any atom is 0.165 e. The van der Waals surface area contributed by atoms with Gasteiger partial charge in [0.2, 0.25) is 0 Å². The molecule has 0 heterocycles. The van der Waals surface area contributed by atoms with Gasteiger partial charge >= 0.3 is 0 Å². The second-order valence-electron chi connectivity index (χ2n) is 3.19. The van der Waals surface area contributed by atoms with E-state index in [2.05, 4.69) is 0 Å². The Hall–Kier alpha value is -1.42. The molecule has 0 fully saturated rings. The smallest absolute Gasteiger partial charge is 0.165 e. The van der Waals surface area contributed by atoms with Gasteiger partial charge in [-0.05, 0) is 25.1 Å². The molecule has 1 rings (SSSR count). The van der Waals surface area contributed by atoms with Crippen LogP contribution in [0, 0.1) is 5.82 Å². The molecule has 0 aromatic heterocycles. The summed E-state index contributed by atoms with van der Waals surface area (Å²) in [5.74, 6) is -0.410. The van der Waals surface area contributed by atoms with Gasteiger partial charge in [-0.3, -0.25) is 4.79 Å². The lowest BCUT2D eigenvalue weighted by Gasteiger charge is -2.14. The van der Waals surface area contributed by atoms with Crippen molar-refractivity contribution in [3.63, 3.8) is 0 Å². The van der Waals surface area contributed by atoms with Gasteiger partial charge in [0.15, 0.2) is 11.6 Å². The maximum atomic E-state index is 13.3. The Labute approximate surface area is 87.8 Å². The molecule has 0 aliphatic carbocycles. The lowest BCUT2D eigenvalue weighted by molar-refractivity contribution is 0.0892. The van der Waals surface area contributed by atoms with Crippen molar-refractivity contribution in [1.29, 1.82) is 0 Å². The first-order valence-electron chi connectivity index (χ1n) is 4.57. The molecule has 1 aromatic rings. The summed E-state index contributed by atoms with van der Waals surface area (Å²) in [6.07, 6.45) is 0.359.